The summed E-state index contributed by atoms with van der Waals surface area (Å²) < 4.78 is 11.0. The van der Waals surface area contributed by atoms with Gasteiger partial charge in [0, 0.05) is 11.3 Å². The van der Waals surface area contributed by atoms with E-state index in [9.17, 15) is 19.8 Å². The number of hydrogen-bond acceptors (Lipinski definition) is 6. The molecule has 6 nitrogen and oxygen atoms in total. The van der Waals surface area contributed by atoms with Crippen LogP contribution in [0.5, 0.6) is 5.75 Å². The standard InChI is InChI=1S/C23H30O6/c1-13(2)23(27)11-10-22(4)19(23)17(12-14(3)18(24)20(22)25)29-21(26)15-6-8-16(28-5)9-7-15/h6-9,12-13,17,19-20,25,27H,10-11H2,1-5H3. The van der Waals surface area contributed by atoms with E-state index >= 15 is 0 Å². The second kappa shape index (κ2) is 7.58. The SMILES string of the molecule is COc1ccc(C(=O)OC2C=C(C)C(=O)C(O)C3(C)CCC(O)(C(C)C)C23)cc1. The summed E-state index contributed by atoms with van der Waals surface area (Å²) in [5, 5.41) is 22.3. The molecule has 0 saturated heterocycles. The van der Waals surface area contributed by atoms with Crippen molar-refractivity contribution in [2.75, 3.05) is 7.11 Å². The predicted molar refractivity (Wildman–Crippen MR) is 108 cm³/mol. The molecule has 2 aliphatic carbocycles. The van der Waals surface area contributed by atoms with E-state index in [2.05, 4.69) is 0 Å². The number of ether oxygens (including phenoxy) is 2. The maximum atomic E-state index is 12.8. The van der Waals surface area contributed by atoms with Crippen molar-refractivity contribution in [2.24, 2.45) is 17.3 Å². The molecule has 2 N–H and O–H groups in total. The molecule has 1 aromatic carbocycles. The molecular weight excluding hydrogens is 372 g/mol. The minimum Gasteiger partial charge on any atom is -0.497 e. The maximum Gasteiger partial charge on any atom is 0.338 e. The number of rotatable bonds is 4. The Bertz CT molecular complexity index is 826. The molecule has 0 radical (unpaired) electrons. The van der Waals surface area contributed by atoms with Crippen LogP contribution >= 0.6 is 0 Å². The molecule has 0 aliphatic heterocycles. The number of methoxy groups -OCH3 is 1. The van der Waals surface area contributed by atoms with Crippen molar-refractivity contribution in [1.29, 1.82) is 0 Å². The van der Waals surface area contributed by atoms with Crippen LogP contribution in [0.15, 0.2) is 35.9 Å². The van der Waals surface area contributed by atoms with Crippen LogP contribution in [0.1, 0.15) is 50.9 Å². The Morgan fingerprint density at radius 1 is 1.21 bits per heavy atom. The number of carbonyl (C=O) groups excluding carboxylic acids is 2. The molecule has 158 valence electrons. The third-order valence-electron chi connectivity index (χ3n) is 6.89. The molecule has 1 saturated carbocycles. The number of hydrogen-bond donors (Lipinski definition) is 2. The van der Waals surface area contributed by atoms with Crippen molar-refractivity contribution in [1.82, 2.24) is 0 Å². The number of benzene rings is 1. The first-order valence-electron chi connectivity index (χ1n) is 10.0. The molecule has 2 aliphatic rings. The number of ketones is 1. The lowest BCUT2D eigenvalue weighted by atomic mass is 9.66. The average molecular weight is 402 g/mol. The molecule has 1 aromatic rings. The second-order valence-electron chi connectivity index (χ2n) is 8.84. The minimum absolute atomic E-state index is 0.134. The van der Waals surface area contributed by atoms with Crippen LogP contribution in [0.4, 0.5) is 0 Å². The quantitative estimate of drug-likeness (QED) is 0.753. The molecule has 0 bridgehead atoms. The average Bonchev–Trinajstić information content (AvgIpc) is 2.96. The molecule has 5 unspecified atom stereocenters. The first-order valence-corrected chi connectivity index (χ1v) is 10.0. The number of aliphatic hydroxyl groups excluding tert-OH is 1. The fraction of sp³-hybridized carbons (Fsp3) is 0.565. The van der Waals surface area contributed by atoms with Gasteiger partial charge in [0.15, 0.2) is 5.78 Å². The van der Waals surface area contributed by atoms with E-state index in [1.54, 1.807) is 51.3 Å². The first kappa shape index (κ1) is 21.5. The van der Waals surface area contributed by atoms with Gasteiger partial charge in [0.2, 0.25) is 0 Å². The molecule has 6 heteroatoms. The second-order valence-corrected chi connectivity index (χ2v) is 8.84. The lowest BCUT2D eigenvalue weighted by Gasteiger charge is -2.44. The van der Waals surface area contributed by atoms with E-state index in [1.807, 2.05) is 13.8 Å². The summed E-state index contributed by atoms with van der Waals surface area (Å²) in [5.41, 5.74) is -1.37. The molecule has 5 atom stereocenters. The Morgan fingerprint density at radius 3 is 2.38 bits per heavy atom. The van der Waals surface area contributed by atoms with Crippen molar-refractivity contribution in [3.05, 3.63) is 41.5 Å². The Labute approximate surface area is 171 Å². The lowest BCUT2D eigenvalue weighted by Crippen LogP contribution is -2.53. The number of fused-ring (bicyclic) bond motifs is 1. The number of Topliss-reactive ketones (excluding diaryl/α,β-unsaturated/α-hetero) is 1. The molecule has 3 rings (SSSR count). The van der Waals surface area contributed by atoms with Gasteiger partial charge >= 0.3 is 5.97 Å². The highest BCUT2D eigenvalue weighted by atomic mass is 16.5. The van der Waals surface area contributed by atoms with Gasteiger partial charge in [0.25, 0.3) is 0 Å². The molecule has 0 amide bonds. The van der Waals surface area contributed by atoms with Crippen molar-refractivity contribution in [3.8, 4) is 5.75 Å². The van der Waals surface area contributed by atoms with Crippen molar-refractivity contribution in [3.63, 3.8) is 0 Å². The largest absolute Gasteiger partial charge is 0.497 e. The van der Waals surface area contributed by atoms with E-state index in [4.69, 9.17) is 9.47 Å². The Kier molecular flexibility index (Phi) is 5.62. The Morgan fingerprint density at radius 2 is 1.83 bits per heavy atom. The van der Waals surface area contributed by atoms with E-state index in [1.165, 1.54) is 0 Å². The summed E-state index contributed by atoms with van der Waals surface area (Å²) in [6.07, 6.45) is 0.407. The summed E-state index contributed by atoms with van der Waals surface area (Å²) in [4.78, 5) is 25.5. The minimum atomic E-state index is -1.25. The third kappa shape index (κ3) is 3.49. The molecule has 29 heavy (non-hydrogen) atoms. The summed E-state index contributed by atoms with van der Waals surface area (Å²) in [5.74, 6) is -1.04. The topological polar surface area (TPSA) is 93.1 Å². The molecule has 0 aromatic heterocycles. The zero-order chi connectivity index (χ0) is 21.6. The van der Waals surface area contributed by atoms with Crippen LogP contribution in [-0.4, -0.2) is 46.9 Å². The predicted octanol–water partition coefficient (Wildman–Crippen LogP) is 2.91. The fourth-order valence-corrected chi connectivity index (χ4v) is 4.93. The van der Waals surface area contributed by atoms with Gasteiger partial charge in [-0.2, -0.15) is 0 Å². The molecule has 0 spiro atoms. The number of aliphatic hydroxyl groups is 2. The van der Waals surface area contributed by atoms with Crippen LogP contribution in [0, 0.1) is 17.3 Å². The van der Waals surface area contributed by atoms with E-state index < -0.39 is 35.1 Å². The van der Waals surface area contributed by atoms with E-state index in [-0.39, 0.29) is 11.7 Å². The van der Waals surface area contributed by atoms with Gasteiger partial charge in [-0.25, -0.2) is 4.79 Å². The molecular formula is C23H30O6. The summed E-state index contributed by atoms with van der Waals surface area (Å²) in [6, 6.07) is 6.55. The Hall–Kier alpha value is -2.18. The Balaban J connectivity index is 2.01. The summed E-state index contributed by atoms with van der Waals surface area (Å²) in [7, 11) is 1.54. The first-order chi connectivity index (χ1) is 13.5. The van der Waals surface area contributed by atoms with Crippen molar-refractivity contribution in [2.45, 2.75) is 58.3 Å². The molecule has 1 fully saturated rings. The zero-order valence-corrected chi connectivity index (χ0v) is 17.6. The van der Waals surface area contributed by atoms with Gasteiger partial charge in [-0.1, -0.05) is 20.8 Å². The lowest BCUT2D eigenvalue weighted by molar-refractivity contribution is -0.142. The summed E-state index contributed by atoms with van der Waals surface area (Å²) in [6.45, 7) is 7.23. The van der Waals surface area contributed by atoms with Gasteiger partial charge in [0.05, 0.1) is 18.3 Å². The number of esters is 1. The van der Waals surface area contributed by atoms with Crippen LogP contribution in [0.3, 0.4) is 0 Å². The van der Waals surface area contributed by atoms with Gasteiger partial charge in [-0.3, -0.25) is 4.79 Å². The molecule has 0 heterocycles. The van der Waals surface area contributed by atoms with Gasteiger partial charge in [0.1, 0.15) is 18.0 Å². The van der Waals surface area contributed by atoms with Crippen LogP contribution in [-0.2, 0) is 9.53 Å². The van der Waals surface area contributed by atoms with Crippen molar-refractivity contribution < 1.29 is 29.3 Å². The highest BCUT2D eigenvalue weighted by Gasteiger charge is 2.63. The highest BCUT2D eigenvalue weighted by Crippen LogP contribution is 2.57. The highest BCUT2D eigenvalue weighted by molar-refractivity contribution is 5.99. The fourth-order valence-electron chi connectivity index (χ4n) is 4.93. The smallest absolute Gasteiger partial charge is 0.338 e. The zero-order valence-electron chi connectivity index (χ0n) is 17.6. The van der Waals surface area contributed by atoms with Crippen LogP contribution in [0.25, 0.3) is 0 Å². The number of carbonyl (C=O) groups is 2. The van der Waals surface area contributed by atoms with Crippen LogP contribution in [0.2, 0.25) is 0 Å². The van der Waals surface area contributed by atoms with E-state index in [0.717, 1.165) is 0 Å². The summed E-state index contributed by atoms with van der Waals surface area (Å²) >= 11 is 0. The van der Waals surface area contributed by atoms with Crippen molar-refractivity contribution >= 4 is 11.8 Å². The van der Waals surface area contributed by atoms with Gasteiger partial charge in [-0.15, -0.1) is 0 Å². The van der Waals surface area contributed by atoms with Crippen LogP contribution < -0.4 is 4.74 Å². The van der Waals surface area contributed by atoms with E-state index in [0.29, 0.717) is 29.7 Å². The van der Waals surface area contributed by atoms with Gasteiger partial charge in [-0.05, 0) is 61.6 Å². The normalized spacial score (nSPS) is 34.4. The maximum absolute atomic E-state index is 12.8. The monoisotopic (exact) mass is 402 g/mol. The third-order valence-corrected chi connectivity index (χ3v) is 6.89. The van der Waals surface area contributed by atoms with Gasteiger partial charge < -0.3 is 19.7 Å².